The first-order chi connectivity index (χ1) is 16.4. The van der Waals surface area contributed by atoms with Crippen LogP contribution in [0.15, 0.2) is 54.6 Å². The summed E-state index contributed by atoms with van der Waals surface area (Å²) >= 11 is 0. The number of phenols is 1. The van der Waals surface area contributed by atoms with Crippen LogP contribution in [0.4, 0.5) is 11.4 Å². The summed E-state index contributed by atoms with van der Waals surface area (Å²) in [4.78, 5) is 12.8. The highest BCUT2D eigenvalue weighted by molar-refractivity contribution is 6.13. The van der Waals surface area contributed by atoms with E-state index < -0.39 is 0 Å². The van der Waals surface area contributed by atoms with Crippen molar-refractivity contribution >= 4 is 28.1 Å². The molecule has 174 valence electrons. The Bertz CT molecular complexity index is 1370. The number of nitrogens with zero attached hydrogens (tertiary/aromatic N) is 3. The average Bonchev–Trinajstić information content (AvgIpc) is 3.28. The summed E-state index contributed by atoms with van der Waals surface area (Å²) in [6.07, 6.45) is 0. The van der Waals surface area contributed by atoms with E-state index in [1.54, 1.807) is 25.3 Å². The van der Waals surface area contributed by atoms with Crippen LogP contribution in [0.3, 0.4) is 0 Å². The SMILES string of the molecule is COc1cc(O)ccc1-c1ccc(C(=N)c2nc3c(N4CCN(C)CC4)cccc3[nH]2)c(N)c1. The monoisotopic (exact) mass is 456 g/mol. The van der Waals surface area contributed by atoms with Gasteiger partial charge in [-0.25, -0.2) is 4.98 Å². The second kappa shape index (κ2) is 8.72. The lowest BCUT2D eigenvalue weighted by Gasteiger charge is -2.34. The molecule has 0 radical (unpaired) electrons. The molecular weight excluding hydrogens is 428 g/mol. The van der Waals surface area contributed by atoms with E-state index in [0.717, 1.165) is 54.0 Å². The standard InChI is InChI=1S/C26H28N6O2/c1-31-10-12-32(13-11-31)22-5-3-4-21-25(22)30-26(29-21)24(28)19-8-6-16(14-20(19)27)18-9-7-17(33)15-23(18)34-2/h3-9,14-15,28,33H,10-13,27H2,1-2H3,(H,29,30). The Morgan fingerprint density at radius 1 is 1.09 bits per heavy atom. The van der Waals surface area contributed by atoms with E-state index in [4.69, 9.17) is 20.9 Å². The molecule has 0 spiro atoms. The van der Waals surface area contributed by atoms with E-state index in [-0.39, 0.29) is 11.5 Å². The van der Waals surface area contributed by atoms with E-state index in [2.05, 4.69) is 27.9 Å². The molecule has 0 aliphatic carbocycles. The predicted molar refractivity (Wildman–Crippen MR) is 136 cm³/mol. The zero-order chi connectivity index (χ0) is 23.8. The minimum atomic E-state index is 0.132. The van der Waals surface area contributed by atoms with Crippen molar-refractivity contribution in [3.8, 4) is 22.6 Å². The highest BCUT2D eigenvalue weighted by Crippen LogP contribution is 2.35. The van der Waals surface area contributed by atoms with Gasteiger partial charge in [-0.1, -0.05) is 12.1 Å². The Kier molecular flexibility index (Phi) is 5.59. The lowest BCUT2D eigenvalue weighted by Crippen LogP contribution is -2.44. The third kappa shape index (κ3) is 3.92. The molecule has 34 heavy (non-hydrogen) atoms. The van der Waals surface area contributed by atoms with Crippen LogP contribution in [0.5, 0.6) is 11.5 Å². The summed E-state index contributed by atoms with van der Waals surface area (Å²) in [7, 11) is 3.70. The summed E-state index contributed by atoms with van der Waals surface area (Å²) < 4.78 is 5.40. The minimum absolute atomic E-state index is 0.132. The lowest BCUT2D eigenvalue weighted by atomic mass is 9.99. The normalized spacial score (nSPS) is 14.5. The van der Waals surface area contributed by atoms with E-state index >= 15 is 0 Å². The number of hydrogen-bond donors (Lipinski definition) is 4. The second-order valence-electron chi connectivity index (χ2n) is 8.61. The number of ether oxygens (including phenoxy) is 1. The maximum atomic E-state index is 9.74. The number of rotatable bonds is 5. The maximum Gasteiger partial charge on any atom is 0.157 e. The number of benzene rings is 3. The van der Waals surface area contributed by atoms with Gasteiger partial charge in [0, 0.05) is 49.1 Å². The highest BCUT2D eigenvalue weighted by Gasteiger charge is 2.20. The quantitative estimate of drug-likeness (QED) is 0.269. The Balaban J connectivity index is 1.47. The Labute approximate surface area is 198 Å². The number of phenolic OH excluding ortho intramolecular Hbond substituents is 1. The van der Waals surface area contributed by atoms with Gasteiger partial charge in [0.15, 0.2) is 5.82 Å². The van der Waals surface area contributed by atoms with Crippen molar-refractivity contribution < 1.29 is 9.84 Å². The third-order valence-corrected chi connectivity index (χ3v) is 6.39. The Hall–Kier alpha value is -4.04. The number of para-hydroxylation sites is 1. The summed E-state index contributed by atoms with van der Waals surface area (Å²) in [5, 5.41) is 18.6. The number of aromatic nitrogens is 2. The van der Waals surface area contributed by atoms with Gasteiger partial charge in [0.1, 0.15) is 22.7 Å². The van der Waals surface area contributed by atoms with Gasteiger partial charge >= 0.3 is 0 Å². The number of likely N-dealkylation sites (N-methyl/N-ethyl adjacent to an activating group) is 1. The van der Waals surface area contributed by atoms with Crippen LogP contribution in [0, 0.1) is 5.41 Å². The van der Waals surface area contributed by atoms with Gasteiger partial charge in [-0.15, -0.1) is 0 Å². The van der Waals surface area contributed by atoms with Gasteiger partial charge in [0.25, 0.3) is 0 Å². The van der Waals surface area contributed by atoms with Crippen molar-refractivity contribution in [1.82, 2.24) is 14.9 Å². The predicted octanol–water partition coefficient (Wildman–Crippen LogP) is 3.69. The van der Waals surface area contributed by atoms with Gasteiger partial charge in [0.2, 0.25) is 0 Å². The van der Waals surface area contributed by atoms with Crippen LogP contribution in [-0.4, -0.2) is 66.0 Å². The number of nitrogen functional groups attached to an aromatic ring is 1. The van der Waals surface area contributed by atoms with E-state index in [9.17, 15) is 5.11 Å². The summed E-state index contributed by atoms with van der Waals surface area (Å²) in [5.74, 6) is 1.17. The molecule has 0 atom stereocenters. The second-order valence-corrected chi connectivity index (χ2v) is 8.61. The number of fused-ring (bicyclic) bond motifs is 1. The van der Waals surface area contributed by atoms with Gasteiger partial charge in [-0.05, 0) is 49.0 Å². The molecule has 2 heterocycles. The zero-order valence-corrected chi connectivity index (χ0v) is 19.3. The lowest BCUT2D eigenvalue weighted by molar-refractivity contribution is 0.313. The van der Waals surface area contributed by atoms with Crippen LogP contribution in [0.25, 0.3) is 22.2 Å². The number of nitrogens with one attached hydrogen (secondary N) is 2. The number of piperazine rings is 1. The van der Waals surface area contributed by atoms with Gasteiger partial charge in [0.05, 0.1) is 18.3 Å². The van der Waals surface area contributed by atoms with Gasteiger partial charge < -0.3 is 30.4 Å². The molecule has 8 heteroatoms. The van der Waals surface area contributed by atoms with Crippen LogP contribution >= 0.6 is 0 Å². The topological polar surface area (TPSA) is 114 Å². The minimum Gasteiger partial charge on any atom is -0.508 e. The van der Waals surface area contributed by atoms with Gasteiger partial charge in [-0.3, -0.25) is 5.41 Å². The number of nitrogens with two attached hydrogens (primary N) is 1. The summed E-state index contributed by atoms with van der Waals surface area (Å²) in [6, 6.07) is 16.6. The fourth-order valence-electron chi connectivity index (χ4n) is 4.44. The zero-order valence-electron chi connectivity index (χ0n) is 19.3. The number of aromatic amines is 1. The first-order valence-corrected chi connectivity index (χ1v) is 11.2. The molecule has 5 rings (SSSR count). The van der Waals surface area contributed by atoms with Crippen molar-refractivity contribution in [2.45, 2.75) is 0 Å². The fourth-order valence-corrected chi connectivity index (χ4v) is 4.44. The smallest absolute Gasteiger partial charge is 0.157 e. The molecule has 1 aromatic heterocycles. The van der Waals surface area contributed by atoms with Gasteiger partial charge in [-0.2, -0.15) is 0 Å². The number of methoxy groups -OCH3 is 1. The maximum absolute atomic E-state index is 9.74. The van der Waals surface area contributed by atoms with Crippen LogP contribution < -0.4 is 15.4 Å². The fraction of sp³-hybridized carbons (Fsp3) is 0.231. The molecule has 1 aliphatic rings. The third-order valence-electron chi connectivity index (χ3n) is 6.39. The first kappa shape index (κ1) is 21.8. The first-order valence-electron chi connectivity index (χ1n) is 11.2. The largest absolute Gasteiger partial charge is 0.508 e. The van der Waals surface area contributed by atoms with Crippen LogP contribution in [-0.2, 0) is 0 Å². The Morgan fingerprint density at radius 2 is 1.88 bits per heavy atom. The average molecular weight is 457 g/mol. The molecule has 3 aromatic carbocycles. The molecule has 8 nitrogen and oxygen atoms in total. The number of hydrogen-bond acceptors (Lipinski definition) is 7. The van der Waals surface area contributed by atoms with E-state index in [1.807, 2.05) is 30.3 Å². The van der Waals surface area contributed by atoms with Crippen molar-refractivity contribution in [3.63, 3.8) is 0 Å². The molecule has 5 N–H and O–H groups in total. The van der Waals surface area contributed by atoms with Crippen molar-refractivity contribution in [2.75, 3.05) is 51.0 Å². The van der Waals surface area contributed by atoms with E-state index in [0.29, 0.717) is 22.8 Å². The number of aromatic hydroxyl groups is 1. The van der Waals surface area contributed by atoms with Crippen molar-refractivity contribution in [1.29, 1.82) is 5.41 Å². The number of imidazole rings is 1. The molecule has 1 aliphatic heterocycles. The molecular formula is C26H28N6O2. The van der Waals surface area contributed by atoms with Crippen molar-refractivity contribution in [3.05, 3.63) is 66.0 Å². The van der Waals surface area contributed by atoms with Crippen molar-refractivity contribution in [2.24, 2.45) is 0 Å². The summed E-state index contributed by atoms with van der Waals surface area (Å²) in [6.45, 7) is 3.92. The molecule has 0 unspecified atom stereocenters. The molecule has 0 amide bonds. The number of H-pyrrole nitrogens is 1. The molecule has 4 aromatic rings. The molecule has 0 saturated carbocycles. The summed E-state index contributed by atoms with van der Waals surface area (Å²) in [5.41, 5.74) is 12.2. The molecule has 0 bridgehead atoms. The molecule has 1 saturated heterocycles. The highest BCUT2D eigenvalue weighted by atomic mass is 16.5. The van der Waals surface area contributed by atoms with Crippen LogP contribution in [0.2, 0.25) is 0 Å². The van der Waals surface area contributed by atoms with E-state index in [1.165, 1.54) is 0 Å². The Morgan fingerprint density at radius 3 is 2.62 bits per heavy atom. The number of anilines is 2. The molecule has 1 fully saturated rings. The van der Waals surface area contributed by atoms with Crippen LogP contribution in [0.1, 0.15) is 11.4 Å².